The summed E-state index contributed by atoms with van der Waals surface area (Å²) in [7, 11) is -3.42. The van der Waals surface area contributed by atoms with E-state index in [0.29, 0.717) is 11.3 Å². The first kappa shape index (κ1) is 23.2. The number of allylic oxidation sites excluding steroid dienone is 3. The van der Waals surface area contributed by atoms with Gasteiger partial charge in [0.2, 0.25) is 0 Å². The minimum Gasteiger partial charge on any atom is -0.438 e. The van der Waals surface area contributed by atoms with Gasteiger partial charge in [-0.2, -0.15) is 0 Å². The average Bonchev–Trinajstić information content (AvgIpc) is 2.60. The van der Waals surface area contributed by atoms with E-state index in [1.54, 1.807) is 6.08 Å². The van der Waals surface area contributed by atoms with Gasteiger partial charge in [-0.25, -0.2) is 9.00 Å². The van der Waals surface area contributed by atoms with Gasteiger partial charge in [0.05, 0.1) is 22.6 Å². The summed E-state index contributed by atoms with van der Waals surface area (Å²) in [6, 6.07) is 9.24. The second kappa shape index (κ2) is 11.1. The number of benzene rings is 1. The molecule has 7 heteroatoms. The third-order valence-electron chi connectivity index (χ3n) is 3.54. The minimum absolute atomic E-state index is 0.168. The molecular formula is C20H31NO4SSi. The molecule has 0 amide bonds. The first-order valence-electron chi connectivity index (χ1n) is 9.03. The number of unbranched alkanes of at least 4 members (excludes halogenated alkanes) is 1. The van der Waals surface area contributed by atoms with Crippen molar-refractivity contribution in [3.05, 3.63) is 55.1 Å². The van der Waals surface area contributed by atoms with E-state index in [4.69, 9.17) is 8.77 Å². The third kappa shape index (κ3) is 9.06. The summed E-state index contributed by atoms with van der Waals surface area (Å²) in [6.07, 6.45) is 6.52. The largest absolute Gasteiger partial charge is 0.508 e. The van der Waals surface area contributed by atoms with E-state index in [1.165, 1.54) is 7.11 Å². The molecule has 27 heavy (non-hydrogen) atoms. The smallest absolute Gasteiger partial charge is 0.438 e. The Morgan fingerprint density at radius 3 is 2.52 bits per heavy atom. The van der Waals surface area contributed by atoms with Crippen LogP contribution < -0.4 is 0 Å². The summed E-state index contributed by atoms with van der Waals surface area (Å²) in [5.74, 6) is 0.168. The average molecular weight is 410 g/mol. The molecule has 150 valence electrons. The molecule has 5 nitrogen and oxygen atoms in total. The van der Waals surface area contributed by atoms with Crippen molar-refractivity contribution in [2.24, 2.45) is 4.03 Å². The number of carbonyl (C=O) groups is 1. The number of methoxy groups -OCH3 is 1. The van der Waals surface area contributed by atoms with Gasteiger partial charge >= 0.3 is 6.16 Å². The fourth-order valence-corrected chi connectivity index (χ4v) is 8.30. The highest BCUT2D eigenvalue weighted by Crippen LogP contribution is 2.22. The monoisotopic (exact) mass is 409 g/mol. The summed E-state index contributed by atoms with van der Waals surface area (Å²) < 4.78 is 28.6. The van der Waals surface area contributed by atoms with E-state index in [1.807, 2.05) is 62.1 Å². The van der Waals surface area contributed by atoms with E-state index < -0.39 is 30.2 Å². The predicted octanol–water partition coefficient (Wildman–Crippen LogP) is 5.41. The van der Waals surface area contributed by atoms with Gasteiger partial charge in [0.25, 0.3) is 0 Å². The maximum Gasteiger partial charge on any atom is 0.508 e. The Hall–Kier alpha value is -1.86. The molecule has 0 spiro atoms. The van der Waals surface area contributed by atoms with Crippen molar-refractivity contribution in [1.82, 2.24) is 0 Å². The lowest BCUT2D eigenvalue weighted by molar-refractivity contribution is 0.0413. The summed E-state index contributed by atoms with van der Waals surface area (Å²) in [5, 5.41) is 0. The molecule has 0 saturated heterocycles. The Bertz CT molecular complexity index is 747. The van der Waals surface area contributed by atoms with Gasteiger partial charge < -0.3 is 9.47 Å². The number of rotatable bonds is 10. The van der Waals surface area contributed by atoms with E-state index in [-0.39, 0.29) is 5.75 Å². The van der Waals surface area contributed by atoms with Crippen molar-refractivity contribution in [1.29, 1.82) is 0 Å². The zero-order valence-electron chi connectivity index (χ0n) is 16.7. The zero-order valence-corrected chi connectivity index (χ0v) is 18.5. The fourth-order valence-electron chi connectivity index (χ4n) is 2.53. The Balaban J connectivity index is 3.11. The van der Waals surface area contributed by atoms with Gasteiger partial charge in [0, 0.05) is 4.90 Å². The molecule has 0 heterocycles. The summed E-state index contributed by atoms with van der Waals surface area (Å²) in [6.45, 7) is 9.78. The Morgan fingerprint density at radius 2 is 1.96 bits per heavy atom. The van der Waals surface area contributed by atoms with Crippen molar-refractivity contribution in [3.63, 3.8) is 0 Å². The SMILES string of the molecule is C=C/C=C/CCCC(CS(=O)(=N[Si](C)(C)C)c1ccccc1)OC(=O)OC. The van der Waals surface area contributed by atoms with Crippen molar-refractivity contribution >= 4 is 24.1 Å². The molecule has 1 aromatic rings. The van der Waals surface area contributed by atoms with Crippen LogP contribution in [0.3, 0.4) is 0 Å². The molecule has 2 unspecified atom stereocenters. The topological polar surface area (TPSA) is 65.0 Å². The Labute approximate surface area is 164 Å². The lowest BCUT2D eigenvalue weighted by Crippen LogP contribution is -2.30. The molecule has 0 fully saturated rings. The van der Waals surface area contributed by atoms with Crippen LogP contribution in [0.1, 0.15) is 19.3 Å². The molecule has 0 aliphatic heterocycles. The van der Waals surface area contributed by atoms with E-state index in [0.717, 1.165) is 12.8 Å². The normalized spacial score (nSPS) is 15.0. The first-order chi connectivity index (χ1) is 12.7. The molecule has 0 aromatic heterocycles. The van der Waals surface area contributed by atoms with Gasteiger partial charge in [-0.05, 0) is 51.0 Å². The molecule has 0 aliphatic carbocycles. The second-order valence-electron chi connectivity index (χ2n) is 7.17. The lowest BCUT2D eigenvalue weighted by atomic mass is 10.1. The van der Waals surface area contributed by atoms with Crippen LogP contribution in [0.5, 0.6) is 0 Å². The number of nitrogens with zero attached hydrogens (tertiary/aromatic N) is 1. The van der Waals surface area contributed by atoms with Crippen LogP contribution >= 0.6 is 0 Å². The molecule has 0 radical (unpaired) electrons. The van der Waals surface area contributed by atoms with Crippen LogP contribution in [-0.4, -0.2) is 37.6 Å². The first-order valence-corrected chi connectivity index (χ1v) is 14.2. The van der Waals surface area contributed by atoms with Gasteiger partial charge in [-0.15, -0.1) is 0 Å². The third-order valence-corrected chi connectivity index (χ3v) is 8.75. The van der Waals surface area contributed by atoms with Gasteiger partial charge in [0.15, 0.2) is 8.24 Å². The molecule has 2 atom stereocenters. The van der Waals surface area contributed by atoms with Gasteiger partial charge in [-0.1, -0.05) is 43.0 Å². The zero-order chi connectivity index (χ0) is 20.3. The number of hydrogen-bond donors (Lipinski definition) is 0. The molecule has 0 aliphatic rings. The fraction of sp³-hybridized carbons (Fsp3) is 0.450. The predicted molar refractivity (Wildman–Crippen MR) is 114 cm³/mol. The van der Waals surface area contributed by atoms with Crippen molar-refractivity contribution in [2.45, 2.75) is 49.9 Å². The molecule has 1 rings (SSSR count). The highest BCUT2D eigenvalue weighted by atomic mass is 32.2. The second-order valence-corrected chi connectivity index (χ2v) is 14.3. The molecule has 0 bridgehead atoms. The lowest BCUT2D eigenvalue weighted by Gasteiger charge is -2.22. The highest BCUT2D eigenvalue weighted by molar-refractivity contribution is 7.94. The maximum atomic E-state index is 13.8. The van der Waals surface area contributed by atoms with Gasteiger partial charge in [0.1, 0.15) is 6.10 Å². The standard InChI is InChI=1S/C20H31NO4SSi/c1-6-7-8-9-11-14-18(25-20(22)24-2)17-26(23,21-27(3,4)5)19-15-12-10-13-16-19/h6-8,10,12-13,15-16,18H,1,9,11,14,17H2,2-5H3/b8-7+. The van der Waals surface area contributed by atoms with Crippen LogP contribution in [0.15, 0.2) is 64.1 Å². The van der Waals surface area contributed by atoms with Crippen LogP contribution in [0, 0.1) is 0 Å². The number of ether oxygens (including phenoxy) is 2. The van der Waals surface area contributed by atoms with E-state index >= 15 is 0 Å². The summed E-state index contributed by atoms with van der Waals surface area (Å²) in [4.78, 5) is 12.4. The van der Waals surface area contributed by atoms with E-state index in [9.17, 15) is 9.00 Å². The van der Waals surface area contributed by atoms with Crippen molar-refractivity contribution in [2.75, 3.05) is 12.9 Å². The quantitative estimate of drug-likeness (QED) is 0.224. The van der Waals surface area contributed by atoms with Crippen LogP contribution in [0.4, 0.5) is 4.79 Å². The number of carbonyl (C=O) groups excluding carboxylic acids is 1. The maximum absolute atomic E-state index is 13.8. The molecular weight excluding hydrogens is 378 g/mol. The van der Waals surface area contributed by atoms with Crippen LogP contribution in [0.25, 0.3) is 0 Å². The minimum atomic E-state index is -2.71. The summed E-state index contributed by atoms with van der Waals surface area (Å²) >= 11 is 0. The molecule has 0 N–H and O–H groups in total. The van der Waals surface area contributed by atoms with E-state index in [2.05, 4.69) is 11.3 Å². The Morgan fingerprint density at radius 1 is 1.30 bits per heavy atom. The highest BCUT2D eigenvalue weighted by Gasteiger charge is 2.26. The van der Waals surface area contributed by atoms with Crippen LogP contribution in [0.2, 0.25) is 19.6 Å². The van der Waals surface area contributed by atoms with Crippen LogP contribution in [-0.2, 0) is 19.2 Å². The molecule has 1 aromatic carbocycles. The molecule has 0 saturated carbocycles. The summed E-state index contributed by atoms with van der Waals surface area (Å²) in [5.41, 5.74) is 0. The number of hydrogen-bond acceptors (Lipinski definition) is 5. The van der Waals surface area contributed by atoms with Gasteiger partial charge in [-0.3, -0.25) is 4.03 Å². The van der Waals surface area contributed by atoms with Crippen molar-refractivity contribution in [3.8, 4) is 0 Å². The van der Waals surface area contributed by atoms with Crippen molar-refractivity contribution < 1.29 is 18.5 Å². The Kier molecular flexibility index (Phi) is 9.52.